The van der Waals surface area contributed by atoms with Crippen LogP contribution in [0, 0.1) is 0 Å². The summed E-state index contributed by atoms with van der Waals surface area (Å²) in [5, 5.41) is 3.10. The molecule has 1 aromatic rings. The largest absolute Gasteiger partial charge is 0.464 e. The minimum atomic E-state index is -3.00. The van der Waals surface area contributed by atoms with E-state index in [1.807, 2.05) is 6.92 Å². The van der Waals surface area contributed by atoms with Gasteiger partial charge in [-0.2, -0.15) is 0 Å². The van der Waals surface area contributed by atoms with Crippen LogP contribution in [0.2, 0.25) is 0 Å². The Morgan fingerprint density at radius 3 is 2.57 bits per heavy atom. The maximum absolute atomic E-state index is 10.9. The summed E-state index contributed by atoms with van der Waals surface area (Å²) >= 11 is 0. The van der Waals surface area contributed by atoms with E-state index in [1.54, 1.807) is 12.1 Å². The van der Waals surface area contributed by atoms with Gasteiger partial charge in [-0.15, -0.1) is 0 Å². The summed E-state index contributed by atoms with van der Waals surface area (Å²) in [7, 11) is -3.00. The third-order valence-electron chi connectivity index (χ3n) is 1.67. The summed E-state index contributed by atoms with van der Waals surface area (Å²) in [6, 6.07) is 3.50. The van der Waals surface area contributed by atoms with Crippen molar-refractivity contribution in [3.8, 4) is 0 Å². The smallest absolute Gasteiger partial charge is 0.154 e. The number of furan rings is 1. The molecule has 1 aromatic heterocycles. The van der Waals surface area contributed by atoms with Crippen LogP contribution in [0.3, 0.4) is 0 Å². The highest BCUT2D eigenvalue weighted by Crippen LogP contribution is 2.10. The maximum atomic E-state index is 10.9. The van der Waals surface area contributed by atoms with E-state index in [9.17, 15) is 8.42 Å². The topological polar surface area (TPSA) is 59.3 Å². The van der Waals surface area contributed by atoms with Crippen LogP contribution in [0.25, 0.3) is 0 Å². The van der Waals surface area contributed by atoms with Gasteiger partial charge in [0.25, 0.3) is 0 Å². The molecule has 0 amide bonds. The van der Waals surface area contributed by atoms with Crippen LogP contribution >= 0.6 is 0 Å². The molecule has 1 N–H and O–H groups in total. The predicted octanol–water partition coefficient (Wildman–Crippen LogP) is 0.934. The Hall–Kier alpha value is -0.810. The van der Waals surface area contributed by atoms with Crippen molar-refractivity contribution in [1.29, 1.82) is 0 Å². The van der Waals surface area contributed by atoms with Crippen molar-refractivity contribution in [3.05, 3.63) is 23.7 Å². The first-order valence-corrected chi connectivity index (χ1v) is 6.53. The minimum Gasteiger partial charge on any atom is -0.464 e. The first kappa shape index (κ1) is 11.3. The molecule has 5 heteroatoms. The van der Waals surface area contributed by atoms with E-state index in [2.05, 4.69) is 5.32 Å². The van der Waals surface area contributed by atoms with Crippen LogP contribution in [-0.4, -0.2) is 21.2 Å². The Labute approximate surface area is 84.2 Å². The highest BCUT2D eigenvalue weighted by atomic mass is 32.2. The summed E-state index contributed by atoms with van der Waals surface area (Å²) in [6.45, 7) is 3.50. The van der Waals surface area contributed by atoms with Crippen molar-refractivity contribution in [2.24, 2.45) is 0 Å². The zero-order valence-electron chi connectivity index (χ0n) is 8.41. The SMILES string of the molecule is CCNCc1ccc(CS(C)(=O)=O)o1. The van der Waals surface area contributed by atoms with Crippen LogP contribution in [0.15, 0.2) is 16.5 Å². The first-order chi connectivity index (χ1) is 6.51. The highest BCUT2D eigenvalue weighted by molar-refractivity contribution is 7.89. The number of nitrogens with one attached hydrogen (secondary N) is 1. The van der Waals surface area contributed by atoms with E-state index in [0.29, 0.717) is 12.3 Å². The first-order valence-electron chi connectivity index (χ1n) is 4.47. The molecule has 0 aromatic carbocycles. The molecule has 0 saturated carbocycles. The number of rotatable bonds is 5. The molecule has 0 aliphatic carbocycles. The lowest BCUT2D eigenvalue weighted by Gasteiger charge is -1.97. The Morgan fingerprint density at radius 2 is 2.00 bits per heavy atom. The quantitative estimate of drug-likeness (QED) is 0.797. The van der Waals surface area contributed by atoms with Crippen molar-refractivity contribution in [1.82, 2.24) is 5.32 Å². The number of hydrogen-bond acceptors (Lipinski definition) is 4. The Bertz CT molecular complexity index is 381. The van der Waals surface area contributed by atoms with Crippen molar-refractivity contribution in [2.45, 2.75) is 19.2 Å². The highest BCUT2D eigenvalue weighted by Gasteiger charge is 2.08. The van der Waals surface area contributed by atoms with Gasteiger partial charge in [0, 0.05) is 6.26 Å². The maximum Gasteiger partial charge on any atom is 0.154 e. The lowest BCUT2D eigenvalue weighted by molar-refractivity contribution is 0.459. The molecule has 0 unspecified atom stereocenters. The van der Waals surface area contributed by atoms with Gasteiger partial charge in [0.1, 0.15) is 17.3 Å². The minimum absolute atomic E-state index is 0.0286. The van der Waals surface area contributed by atoms with Crippen LogP contribution in [-0.2, 0) is 22.1 Å². The molecule has 0 radical (unpaired) electrons. The second kappa shape index (κ2) is 4.61. The van der Waals surface area contributed by atoms with Crippen LogP contribution in [0.1, 0.15) is 18.4 Å². The summed E-state index contributed by atoms with van der Waals surface area (Å²) in [5.74, 6) is 1.24. The molecule has 0 spiro atoms. The third-order valence-corrected chi connectivity index (χ3v) is 2.48. The summed E-state index contributed by atoms with van der Waals surface area (Å²) in [5.41, 5.74) is 0. The molecular formula is C9H15NO3S. The van der Waals surface area contributed by atoms with E-state index in [4.69, 9.17) is 4.42 Å². The fraction of sp³-hybridized carbons (Fsp3) is 0.556. The van der Waals surface area contributed by atoms with E-state index in [-0.39, 0.29) is 5.75 Å². The van der Waals surface area contributed by atoms with Gasteiger partial charge in [-0.25, -0.2) is 8.42 Å². The molecule has 0 bridgehead atoms. The van der Waals surface area contributed by atoms with Crippen LogP contribution in [0.5, 0.6) is 0 Å². The molecule has 80 valence electrons. The average Bonchev–Trinajstić information content (AvgIpc) is 2.46. The number of hydrogen-bond donors (Lipinski definition) is 1. The van der Waals surface area contributed by atoms with E-state index < -0.39 is 9.84 Å². The van der Waals surface area contributed by atoms with Gasteiger partial charge in [-0.1, -0.05) is 6.92 Å². The zero-order chi connectivity index (χ0) is 10.6. The van der Waals surface area contributed by atoms with Crippen molar-refractivity contribution in [2.75, 3.05) is 12.8 Å². The van der Waals surface area contributed by atoms with Gasteiger partial charge in [-0.3, -0.25) is 0 Å². The summed E-state index contributed by atoms with van der Waals surface area (Å²) < 4.78 is 27.2. The molecule has 0 fully saturated rings. The Morgan fingerprint density at radius 1 is 1.36 bits per heavy atom. The van der Waals surface area contributed by atoms with Gasteiger partial charge in [-0.05, 0) is 18.7 Å². The van der Waals surface area contributed by atoms with Crippen molar-refractivity contribution in [3.63, 3.8) is 0 Å². The molecule has 14 heavy (non-hydrogen) atoms. The fourth-order valence-corrected chi connectivity index (χ4v) is 1.77. The van der Waals surface area contributed by atoms with E-state index >= 15 is 0 Å². The monoisotopic (exact) mass is 217 g/mol. The molecule has 1 heterocycles. The van der Waals surface area contributed by atoms with Crippen molar-refractivity contribution < 1.29 is 12.8 Å². The zero-order valence-corrected chi connectivity index (χ0v) is 9.23. The predicted molar refractivity (Wildman–Crippen MR) is 54.6 cm³/mol. The van der Waals surface area contributed by atoms with Gasteiger partial charge < -0.3 is 9.73 Å². The van der Waals surface area contributed by atoms with Crippen molar-refractivity contribution >= 4 is 9.84 Å². The average molecular weight is 217 g/mol. The molecule has 0 saturated heterocycles. The Balaban J connectivity index is 2.59. The van der Waals surface area contributed by atoms with Gasteiger partial charge in [0.2, 0.25) is 0 Å². The molecule has 0 aliphatic heterocycles. The third kappa shape index (κ3) is 3.93. The van der Waals surface area contributed by atoms with E-state index in [1.165, 1.54) is 6.26 Å². The lowest BCUT2D eigenvalue weighted by Crippen LogP contribution is -2.10. The van der Waals surface area contributed by atoms with E-state index in [0.717, 1.165) is 12.3 Å². The van der Waals surface area contributed by atoms with Crippen LogP contribution < -0.4 is 5.32 Å². The van der Waals surface area contributed by atoms with Gasteiger partial charge >= 0.3 is 0 Å². The molecular weight excluding hydrogens is 202 g/mol. The molecule has 4 nitrogen and oxygen atoms in total. The molecule has 0 atom stereocenters. The summed E-state index contributed by atoms with van der Waals surface area (Å²) in [6.07, 6.45) is 1.19. The van der Waals surface area contributed by atoms with Gasteiger partial charge in [0.15, 0.2) is 9.84 Å². The normalized spacial score (nSPS) is 11.9. The molecule has 1 rings (SSSR count). The summed E-state index contributed by atoms with van der Waals surface area (Å²) in [4.78, 5) is 0. The van der Waals surface area contributed by atoms with Crippen LogP contribution in [0.4, 0.5) is 0 Å². The molecule has 0 aliphatic rings. The fourth-order valence-electron chi connectivity index (χ4n) is 1.10. The van der Waals surface area contributed by atoms with Gasteiger partial charge in [0.05, 0.1) is 6.54 Å². The number of sulfone groups is 1. The Kier molecular flexibility index (Phi) is 3.71. The standard InChI is InChI=1S/C9H15NO3S/c1-3-10-6-8-4-5-9(13-8)7-14(2,11)12/h4-5,10H,3,6-7H2,1-2H3. The second-order valence-corrected chi connectivity index (χ2v) is 5.36. The lowest BCUT2D eigenvalue weighted by atomic mass is 10.4. The second-order valence-electron chi connectivity index (χ2n) is 3.22.